The van der Waals surface area contributed by atoms with Gasteiger partial charge in [0.05, 0.1) is 11.4 Å². The second kappa shape index (κ2) is 4.52. The van der Waals surface area contributed by atoms with Gasteiger partial charge in [-0.3, -0.25) is 14.5 Å². The van der Waals surface area contributed by atoms with Crippen LogP contribution in [0.3, 0.4) is 0 Å². The van der Waals surface area contributed by atoms with E-state index in [1.165, 1.54) is 17.0 Å². The maximum atomic E-state index is 14.1. The molecule has 4 heteroatoms. The van der Waals surface area contributed by atoms with Crippen molar-refractivity contribution in [3.8, 4) is 0 Å². The zero-order valence-corrected chi connectivity index (χ0v) is 11.8. The molecular weight excluding hydrogens is 269 g/mol. The fraction of sp³-hybridized carbons (Fsp3) is 0.176. The molecule has 1 amide bonds. The van der Waals surface area contributed by atoms with Gasteiger partial charge in [-0.15, -0.1) is 0 Å². The van der Waals surface area contributed by atoms with Crippen molar-refractivity contribution in [3.05, 3.63) is 59.9 Å². The molecule has 1 heterocycles. The Balaban J connectivity index is 2.30. The van der Waals surface area contributed by atoms with Crippen LogP contribution in [0.15, 0.2) is 48.5 Å². The smallest absolute Gasteiger partial charge is 0.245 e. The van der Waals surface area contributed by atoms with Crippen molar-refractivity contribution in [2.24, 2.45) is 5.41 Å². The Kier molecular flexibility index (Phi) is 2.90. The van der Waals surface area contributed by atoms with Gasteiger partial charge in [-0.1, -0.05) is 24.3 Å². The van der Waals surface area contributed by atoms with E-state index in [9.17, 15) is 14.0 Å². The number of hydrogen-bond donors (Lipinski definition) is 0. The van der Waals surface area contributed by atoms with E-state index in [0.717, 1.165) is 0 Å². The molecule has 2 aromatic rings. The lowest BCUT2D eigenvalue weighted by Crippen LogP contribution is -2.48. The number of amides is 1. The molecule has 3 nitrogen and oxygen atoms in total. The Morgan fingerprint density at radius 3 is 2.14 bits per heavy atom. The lowest BCUT2D eigenvalue weighted by Gasteiger charge is -2.37. The third kappa shape index (κ3) is 1.87. The molecule has 0 aliphatic carbocycles. The molecule has 3 rings (SSSR count). The number of halogens is 1. The predicted molar refractivity (Wildman–Crippen MR) is 78.1 cm³/mol. The van der Waals surface area contributed by atoms with Crippen molar-refractivity contribution in [1.82, 2.24) is 0 Å². The molecule has 2 aromatic carbocycles. The van der Waals surface area contributed by atoms with Crippen LogP contribution in [-0.2, 0) is 4.79 Å². The summed E-state index contributed by atoms with van der Waals surface area (Å²) in [6.07, 6.45) is 0. The zero-order valence-electron chi connectivity index (χ0n) is 11.8. The molecule has 0 N–H and O–H groups in total. The fourth-order valence-electron chi connectivity index (χ4n) is 2.56. The standard InChI is InChI=1S/C17H14FNO2/c1-17(2)15(20)11-7-3-5-9-13(11)19(16(17)21)14-10-6-4-8-12(14)18/h3-10H,1-2H3. The minimum absolute atomic E-state index is 0.163. The number of carbonyl (C=O) groups is 2. The molecule has 0 unspecified atom stereocenters. The van der Waals surface area contributed by atoms with E-state index in [1.54, 1.807) is 50.2 Å². The highest BCUT2D eigenvalue weighted by atomic mass is 19.1. The average Bonchev–Trinajstić information content (AvgIpc) is 2.48. The van der Waals surface area contributed by atoms with Crippen molar-refractivity contribution < 1.29 is 14.0 Å². The van der Waals surface area contributed by atoms with Crippen LogP contribution in [0.1, 0.15) is 24.2 Å². The van der Waals surface area contributed by atoms with E-state index >= 15 is 0 Å². The summed E-state index contributed by atoms with van der Waals surface area (Å²) in [5.74, 6) is -1.15. The van der Waals surface area contributed by atoms with Gasteiger partial charge < -0.3 is 0 Å². The van der Waals surface area contributed by atoms with Crippen LogP contribution in [0, 0.1) is 11.2 Å². The highest BCUT2D eigenvalue weighted by Crippen LogP contribution is 2.41. The van der Waals surface area contributed by atoms with E-state index in [-0.39, 0.29) is 11.5 Å². The zero-order chi connectivity index (χ0) is 15.2. The molecule has 0 spiro atoms. The number of fused-ring (bicyclic) bond motifs is 1. The van der Waals surface area contributed by atoms with Gasteiger partial charge in [0.2, 0.25) is 5.91 Å². The molecular formula is C17H14FNO2. The number of para-hydroxylation sites is 2. The van der Waals surface area contributed by atoms with Crippen LogP contribution in [0.5, 0.6) is 0 Å². The molecule has 21 heavy (non-hydrogen) atoms. The van der Waals surface area contributed by atoms with Crippen LogP contribution in [0.4, 0.5) is 15.8 Å². The Morgan fingerprint density at radius 2 is 1.48 bits per heavy atom. The van der Waals surface area contributed by atoms with Crippen molar-refractivity contribution >= 4 is 23.1 Å². The predicted octanol–water partition coefficient (Wildman–Crippen LogP) is 3.71. The van der Waals surface area contributed by atoms with Crippen molar-refractivity contribution in [3.63, 3.8) is 0 Å². The number of Topliss-reactive ketones (excluding diaryl/α,β-unsaturated/α-hetero) is 1. The maximum Gasteiger partial charge on any atom is 0.245 e. The molecule has 1 aliphatic rings. The summed E-state index contributed by atoms with van der Waals surface area (Å²) in [7, 11) is 0. The minimum Gasteiger partial charge on any atom is -0.293 e. The largest absolute Gasteiger partial charge is 0.293 e. The van der Waals surface area contributed by atoms with E-state index in [4.69, 9.17) is 0 Å². The van der Waals surface area contributed by atoms with Gasteiger partial charge in [0, 0.05) is 5.56 Å². The minimum atomic E-state index is -1.21. The summed E-state index contributed by atoms with van der Waals surface area (Å²) in [5.41, 5.74) is -0.186. The first-order valence-corrected chi connectivity index (χ1v) is 6.67. The lowest BCUT2D eigenvalue weighted by molar-refractivity contribution is -0.124. The first-order chi connectivity index (χ1) is 9.94. The van der Waals surface area contributed by atoms with E-state index < -0.39 is 17.1 Å². The summed E-state index contributed by atoms with van der Waals surface area (Å²) in [5, 5.41) is 0. The Hall–Kier alpha value is -2.49. The molecule has 106 valence electrons. The molecule has 0 saturated heterocycles. The topological polar surface area (TPSA) is 37.4 Å². The number of anilines is 2. The van der Waals surface area contributed by atoms with E-state index in [1.807, 2.05) is 0 Å². The van der Waals surface area contributed by atoms with Gasteiger partial charge in [-0.2, -0.15) is 0 Å². The maximum absolute atomic E-state index is 14.1. The monoisotopic (exact) mass is 283 g/mol. The number of rotatable bonds is 1. The number of hydrogen-bond acceptors (Lipinski definition) is 2. The van der Waals surface area contributed by atoms with Gasteiger partial charge in [0.15, 0.2) is 5.78 Å². The lowest BCUT2D eigenvalue weighted by atomic mass is 9.78. The number of nitrogens with zero attached hydrogens (tertiary/aromatic N) is 1. The van der Waals surface area contributed by atoms with Crippen molar-refractivity contribution in [1.29, 1.82) is 0 Å². The average molecular weight is 283 g/mol. The molecule has 0 bridgehead atoms. The van der Waals surface area contributed by atoms with Crippen LogP contribution < -0.4 is 4.90 Å². The van der Waals surface area contributed by atoms with Crippen LogP contribution >= 0.6 is 0 Å². The van der Waals surface area contributed by atoms with Gasteiger partial charge in [0.25, 0.3) is 0 Å². The highest BCUT2D eigenvalue weighted by molar-refractivity contribution is 6.26. The second-order valence-electron chi connectivity index (χ2n) is 5.56. The summed E-state index contributed by atoms with van der Waals surface area (Å²) >= 11 is 0. The molecule has 0 atom stereocenters. The van der Waals surface area contributed by atoms with Gasteiger partial charge in [0.1, 0.15) is 11.2 Å². The van der Waals surface area contributed by atoms with Crippen molar-refractivity contribution in [2.45, 2.75) is 13.8 Å². The first-order valence-electron chi connectivity index (χ1n) is 6.67. The Morgan fingerprint density at radius 1 is 0.905 bits per heavy atom. The van der Waals surface area contributed by atoms with Crippen molar-refractivity contribution in [2.75, 3.05) is 4.90 Å². The summed E-state index contributed by atoms with van der Waals surface area (Å²) in [6, 6.07) is 12.9. The molecule has 0 aromatic heterocycles. The Bertz CT molecular complexity index is 752. The first kappa shape index (κ1) is 13.5. The normalized spacial score (nSPS) is 16.8. The molecule has 0 saturated carbocycles. The van der Waals surface area contributed by atoms with Crippen LogP contribution in [-0.4, -0.2) is 11.7 Å². The van der Waals surface area contributed by atoms with Gasteiger partial charge in [-0.05, 0) is 38.1 Å². The highest BCUT2D eigenvalue weighted by Gasteiger charge is 2.46. The van der Waals surface area contributed by atoms with E-state index in [2.05, 4.69) is 0 Å². The van der Waals surface area contributed by atoms with Gasteiger partial charge >= 0.3 is 0 Å². The fourth-order valence-corrected chi connectivity index (χ4v) is 2.56. The van der Waals surface area contributed by atoms with E-state index in [0.29, 0.717) is 11.3 Å². The molecule has 1 aliphatic heterocycles. The molecule has 0 fully saturated rings. The van der Waals surface area contributed by atoms with Gasteiger partial charge in [-0.25, -0.2) is 4.39 Å². The number of benzene rings is 2. The third-order valence-corrected chi connectivity index (χ3v) is 3.79. The second-order valence-corrected chi connectivity index (χ2v) is 5.56. The van der Waals surface area contributed by atoms with Crippen LogP contribution in [0.25, 0.3) is 0 Å². The Labute approximate surface area is 122 Å². The summed E-state index contributed by atoms with van der Waals surface area (Å²) in [6.45, 7) is 3.14. The summed E-state index contributed by atoms with van der Waals surface area (Å²) < 4.78 is 14.1. The molecule has 0 radical (unpaired) electrons. The third-order valence-electron chi connectivity index (χ3n) is 3.79. The number of carbonyl (C=O) groups excluding carboxylic acids is 2. The summed E-state index contributed by atoms with van der Waals surface area (Å²) in [4.78, 5) is 26.5. The van der Waals surface area contributed by atoms with Crippen LogP contribution in [0.2, 0.25) is 0 Å². The SMILES string of the molecule is CC1(C)C(=O)c2ccccc2N(c2ccccc2F)C1=O. The quantitative estimate of drug-likeness (QED) is 0.748. The number of ketones is 1.